The number of fused-ring (bicyclic) bond motifs is 1. The van der Waals surface area contributed by atoms with E-state index < -0.39 is 11.8 Å². The number of anilines is 1. The van der Waals surface area contributed by atoms with E-state index in [1.54, 1.807) is 19.1 Å². The number of amides is 2. The number of halogens is 1. The van der Waals surface area contributed by atoms with Crippen molar-refractivity contribution in [2.75, 3.05) is 26.1 Å². The minimum absolute atomic E-state index is 0.0992. The topological polar surface area (TPSA) is 83.7 Å². The highest BCUT2D eigenvalue weighted by atomic mass is 19.1. The molecule has 0 aliphatic rings. The second-order valence-corrected chi connectivity index (χ2v) is 8.70. The van der Waals surface area contributed by atoms with Crippen LogP contribution in [0, 0.1) is 5.82 Å². The van der Waals surface area contributed by atoms with Crippen molar-refractivity contribution in [2.24, 2.45) is 0 Å². The van der Waals surface area contributed by atoms with E-state index in [0.717, 1.165) is 28.5 Å². The lowest BCUT2D eigenvalue weighted by molar-refractivity contribution is 0.209. The number of urea groups is 1. The molecular formula is C29H30FN3O4. The molecule has 0 unspecified atom stereocenters. The summed E-state index contributed by atoms with van der Waals surface area (Å²) >= 11 is 0. The van der Waals surface area contributed by atoms with Gasteiger partial charge in [0.25, 0.3) is 5.56 Å². The summed E-state index contributed by atoms with van der Waals surface area (Å²) in [6.45, 7) is 2.50. The summed E-state index contributed by atoms with van der Waals surface area (Å²) in [6, 6.07) is 18.5. The molecule has 2 amide bonds. The Labute approximate surface area is 214 Å². The van der Waals surface area contributed by atoms with Crippen molar-refractivity contribution in [3.63, 3.8) is 0 Å². The number of hydrogen-bond acceptors (Lipinski definition) is 4. The summed E-state index contributed by atoms with van der Waals surface area (Å²) in [4.78, 5) is 30.7. The quantitative estimate of drug-likeness (QED) is 0.315. The van der Waals surface area contributed by atoms with E-state index in [2.05, 4.69) is 17.2 Å². The number of ether oxygens (including phenoxy) is 2. The van der Waals surface area contributed by atoms with Crippen LogP contribution in [0.15, 0.2) is 71.5 Å². The first kappa shape index (κ1) is 25.8. The van der Waals surface area contributed by atoms with Crippen LogP contribution in [0.4, 0.5) is 14.9 Å². The summed E-state index contributed by atoms with van der Waals surface area (Å²) in [7, 11) is 3.14. The van der Waals surface area contributed by atoms with Crippen LogP contribution in [-0.2, 0) is 19.4 Å². The molecule has 0 saturated heterocycles. The number of rotatable bonds is 9. The Hall–Kier alpha value is -4.33. The van der Waals surface area contributed by atoms with Crippen LogP contribution in [0.3, 0.4) is 0 Å². The number of nitrogens with zero attached hydrogens (tertiary/aromatic N) is 1. The monoisotopic (exact) mass is 503 g/mol. The third kappa shape index (κ3) is 6.27. The third-order valence-electron chi connectivity index (χ3n) is 6.26. The van der Waals surface area contributed by atoms with Crippen molar-refractivity contribution in [3.8, 4) is 11.5 Å². The summed E-state index contributed by atoms with van der Waals surface area (Å²) in [5, 5.41) is 3.71. The van der Waals surface area contributed by atoms with Gasteiger partial charge in [-0.05, 0) is 84.0 Å². The summed E-state index contributed by atoms with van der Waals surface area (Å²) in [5.41, 5.74) is 3.54. The van der Waals surface area contributed by atoms with Crippen LogP contribution in [0.25, 0.3) is 10.9 Å². The number of methoxy groups -OCH3 is 2. The molecule has 4 aromatic rings. The lowest BCUT2D eigenvalue weighted by atomic mass is 10.1. The first-order valence-electron chi connectivity index (χ1n) is 12.1. The number of aromatic nitrogens is 1. The SMILES string of the molecule is CCc1ccc2[nH]c(=O)c(CN(CCc3ccc(OC)c(OC)c3)C(=O)Nc3ccc(F)cc3)cc2c1. The second-order valence-electron chi connectivity index (χ2n) is 8.70. The molecule has 0 atom stereocenters. The largest absolute Gasteiger partial charge is 0.493 e. The molecule has 1 aromatic heterocycles. The number of carbonyl (C=O) groups is 1. The fourth-order valence-electron chi connectivity index (χ4n) is 4.13. The lowest BCUT2D eigenvalue weighted by Crippen LogP contribution is -2.37. The zero-order valence-electron chi connectivity index (χ0n) is 21.1. The predicted octanol–water partition coefficient (Wildman–Crippen LogP) is 5.52. The molecule has 8 heteroatoms. The molecule has 0 fully saturated rings. The molecule has 192 valence electrons. The zero-order valence-corrected chi connectivity index (χ0v) is 21.1. The van der Waals surface area contributed by atoms with Crippen molar-refractivity contribution < 1.29 is 18.7 Å². The van der Waals surface area contributed by atoms with Crippen molar-refractivity contribution in [3.05, 3.63) is 99.6 Å². The van der Waals surface area contributed by atoms with E-state index in [-0.39, 0.29) is 12.1 Å². The molecule has 2 N–H and O–H groups in total. The molecule has 0 radical (unpaired) electrons. The van der Waals surface area contributed by atoms with Gasteiger partial charge in [0.2, 0.25) is 0 Å². The van der Waals surface area contributed by atoms with Crippen molar-refractivity contribution in [2.45, 2.75) is 26.3 Å². The van der Waals surface area contributed by atoms with Gasteiger partial charge in [-0.1, -0.05) is 19.1 Å². The Morgan fingerprint density at radius 3 is 2.38 bits per heavy atom. The Bertz CT molecular complexity index is 1450. The minimum Gasteiger partial charge on any atom is -0.493 e. The summed E-state index contributed by atoms with van der Waals surface area (Å²) in [6.07, 6.45) is 1.39. The van der Waals surface area contributed by atoms with Crippen molar-refractivity contribution in [1.29, 1.82) is 0 Å². The Morgan fingerprint density at radius 2 is 1.68 bits per heavy atom. The Kier molecular flexibility index (Phi) is 8.08. The van der Waals surface area contributed by atoms with Crippen LogP contribution >= 0.6 is 0 Å². The van der Waals surface area contributed by atoms with Gasteiger partial charge in [0.05, 0.1) is 20.8 Å². The van der Waals surface area contributed by atoms with E-state index in [1.807, 2.05) is 42.5 Å². The van der Waals surface area contributed by atoms with Gasteiger partial charge in [-0.15, -0.1) is 0 Å². The van der Waals surface area contributed by atoms with Crippen LogP contribution in [0.1, 0.15) is 23.6 Å². The van der Waals surface area contributed by atoms with Gasteiger partial charge < -0.3 is 24.7 Å². The first-order valence-corrected chi connectivity index (χ1v) is 12.1. The van der Waals surface area contributed by atoms with Crippen LogP contribution in [0.2, 0.25) is 0 Å². The maximum atomic E-state index is 13.3. The molecule has 0 saturated carbocycles. The first-order chi connectivity index (χ1) is 17.9. The zero-order chi connectivity index (χ0) is 26.4. The van der Waals surface area contributed by atoms with E-state index in [9.17, 15) is 14.0 Å². The third-order valence-corrected chi connectivity index (χ3v) is 6.26. The normalized spacial score (nSPS) is 10.8. The van der Waals surface area contributed by atoms with Crippen molar-refractivity contribution >= 4 is 22.6 Å². The lowest BCUT2D eigenvalue weighted by Gasteiger charge is -2.23. The van der Waals surface area contributed by atoms with Gasteiger partial charge in [-0.25, -0.2) is 9.18 Å². The molecule has 4 rings (SSSR count). The predicted molar refractivity (Wildman–Crippen MR) is 143 cm³/mol. The van der Waals surface area contributed by atoms with Gasteiger partial charge in [-0.3, -0.25) is 4.79 Å². The fourth-order valence-corrected chi connectivity index (χ4v) is 4.13. The van der Waals surface area contributed by atoms with Crippen LogP contribution in [-0.4, -0.2) is 36.7 Å². The smallest absolute Gasteiger partial charge is 0.322 e. The van der Waals surface area contributed by atoms with Gasteiger partial charge in [-0.2, -0.15) is 0 Å². The number of H-pyrrole nitrogens is 1. The molecule has 0 bridgehead atoms. The molecule has 3 aromatic carbocycles. The van der Waals surface area contributed by atoms with Crippen molar-refractivity contribution in [1.82, 2.24) is 9.88 Å². The van der Waals surface area contributed by atoms with E-state index >= 15 is 0 Å². The number of pyridine rings is 1. The maximum absolute atomic E-state index is 13.3. The van der Waals surface area contributed by atoms with E-state index in [0.29, 0.717) is 35.7 Å². The number of hydrogen-bond donors (Lipinski definition) is 2. The molecule has 0 aliphatic carbocycles. The molecule has 37 heavy (non-hydrogen) atoms. The van der Waals surface area contributed by atoms with Gasteiger partial charge in [0, 0.05) is 23.3 Å². The highest BCUT2D eigenvalue weighted by Gasteiger charge is 2.17. The average Bonchev–Trinajstić information content (AvgIpc) is 2.91. The Morgan fingerprint density at radius 1 is 0.946 bits per heavy atom. The van der Waals surface area contributed by atoms with E-state index in [1.165, 1.54) is 24.3 Å². The Balaban J connectivity index is 1.61. The highest BCUT2D eigenvalue weighted by Crippen LogP contribution is 2.28. The maximum Gasteiger partial charge on any atom is 0.322 e. The van der Waals surface area contributed by atoms with Crippen LogP contribution < -0.4 is 20.3 Å². The van der Waals surface area contributed by atoms with E-state index in [4.69, 9.17) is 9.47 Å². The van der Waals surface area contributed by atoms with Gasteiger partial charge >= 0.3 is 6.03 Å². The number of aryl methyl sites for hydroxylation is 1. The second kappa shape index (κ2) is 11.6. The fraction of sp³-hybridized carbons (Fsp3) is 0.241. The van der Waals surface area contributed by atoms with Crippen LogP contribution in [0.5, 0.6) is 11.5 Å². The number of benzene rings is 3. The van der Waals surface area contributed by atoms with Gasteiger partial charge in [0.1, 0.15) is 5.82 Å². The highest BCUT2D eigenvalue weighted by molar-refractivity contribution is 5.89. The average molecular weight is 504 g/mol. The standard InChI is InChI=1S/C29H30FN3O4/c1-4-19-5-11-25-21(15-19)17-22(28(34)32-25)18-33(29(35)31-24-9-7-23(30)8-10-24)14-13-20-6-12-26(36-2)27(16-20)37-3/h5-12,15-17H,4,13-14,18H2,1-3H3,(H,31,35)(H,32,34). The molecule has 0 aliphatic heterocycles. The molecule has 1 heterocycles. The van der Waals surface area contributed by atoms with Gasteiger partial charge in [0.15, 0.2) is 11.5 Å². The summed E-state index contributed by atoms with van der Waals surface area (Å²) < 4.78 is 24.0. The minimum atomic E-state index is -0.395. The number of carbonyl (C=O) groups excluding carboxylic acids is 1. The number of nitrogens with one attached hydrogen (secondary N) is 2. The summed E-state index contributed by atoms with van der Waals surface area (Å²) in [5.74, 6) is 0.823. The molecule has 7 nitrogen and oxygen atoms in total. The molecule has 0 spiro atoms. The number of aromatic amines is 1. The molecular weight excluding hydrogens is 473 g/mol.